The van der Waals surface area contributed by atoms with Crippen LogP contribution in [0.25, 0.3) is 11.3 Å². The number of nitrogens with zero attached hydrogens (tertiary/aromatic N) is 5. The summed E-state index contributed by atoms with van der Waals surface area (Å²) in [6.07, 6.45) is 1.87. The predicted molar refractivity (Wildman–Crippen MR) is 70.4 cm³/mol. The molecule has 0 fully saturated rings. The average Bonchev–Trinajstić information content (AvgIpc) is 2.69. The van der Waals surface area contributed by atoms with Crippen molar-refractivity contribution in [2.75, 3.05) is 11.9 Å². The molecule has 0 bridgehead atoms. The molecule has 5 nitrogen and oxygen atoms in total. The molecular weight excluding hydrogens is 226 g/mol. The Morgan fingerprint density at radius 2 is 2.00 bits per heavy atom. The van der Waals surface area contributed by atoms with E-state index in [1.165, 1.54) is 5.69 Å². The van der Waals surface area contributed by atoms with E-state index in [-0.39, 0.29) is 0 Å². The van der Waals surface area contributed by atoms with Crippen LogP contribution in [0.2, 0.25) is 0 Å². The first-order valence-corrected chi connectivity index (χ1v) is 6.18. The van der Waals surface area contributed by atoms with Crippen LogP contribution in [0.1, 0.15) is 31.2 Å². The Morgan fingerprint density at radius 3 is 2.72 bits per heavy atom. The fourth-order valence-electron chi connectivity index (χ4n) is 2.55. The van der Waals surface area contributed by atoms with E-state index < -0.39 is 0 Å². The van der Waals surface area contributed by atoms with Crippen LogP contribution in [0, 0.1) is 0 Å². The molecule has 18 heavy (non-hydrogen) atoms. The molecule has 0 aromatic carbocycles. The lowest BCUT2D eigenvalue weighted by Crippen LogP contribution is -2.24. The maximum absolute atomic E-state index is 4.53. The van der Waals surface area contributed by atoms with Crippen LogP contribution >= 0.6 is 0 Å². The SMILES string of the molecule is CC(C)c1nccc2c1N(C)Cc1nn(C)nc1-2. The quantitative estimate of drug-likeness (QED) is 0.768. The lowest BCUT2D eigenvalue weighted by Gasteiger charge is -2.28. The third kappa shape index (κ3) is 1.50. The molecule has 0 atom stereocenters. The largest absolute Gasteiger partial charge is 0.366 e. The Kier molecular flexibility index (Phi) is 2.36. The zero-order chi connectivity index (χ0) is 12.9. The predicted octanol–water partition coefficient (Wildman–Crippen LogP) is 1.95. The second kappa shape index (κ2) is 3.80. The third-order valence-corrected chi connectivity index (χ3v) is 3.31. The van der Waals surface area contributed by atoms with Crippen molar-refractivity contribution in [2.24, 2.45) is 7.05 Å². The fourth-order valence-corrected chi connectivity index (χ4v) is 2.55. The molecule has 2 aromatic heterocycles. The van der Waals surface area contributed by atoms with E-state index in [9.17, 15) is 0 Å². The van der Waals surface area contributed by atoms with Gasteiger partial charge < -0.3 is 4.90 Å². The van der Waals surface area contributed by atoms with Crippen molar-refractivity contribution in [3.05, 3.63) is 23.7 Å². The summed E-state index contributed by atoms with van der Waals surface area (Å²) in [5, 5.41) is 8.90. The fraction of sp³-hybridized carbons (Fsp3) is 0.462. The maximum Gasteiger partial charge on any atom is 0.120 e. The van der Waals surface area contributed by atoms with Crippen LogP contribution < -0.4 is 4.90 Å². The third-order valence-electron chi connectivity index (χ3n) is 3.31. The Hall–Kier alpha value is -1.91. The minimum Gasteiger partial charge on any atom is -0.366 e. The number of hydrogen-bond donors (Lipinski definition) is 0. The van der Waals surface area contributed by atoms with Crippen molar-refractivity contribution >= 4 is 5.69 Å². The van der Waals surface area contributed by atoms with Gasteiger partial charge in [-0.3, -0.25) is 4.98 Å². The molecule has 2 aromatic rings. The molecule has 0 unspecified atom stereocenters. The van der Waals surface area contributed by atoms with Gasteiger partial charge in [-0.2, -0.15) is 15.0 Å². The van der Waals surface area contributed by atoms with E-state index in [0.717, 1.165) is 29.2 Å². The molecule has 1 aliphatic heterocycles. The van der Waals surface area contributed by atoms with E-state index in [0.29, 0.717) is 5.92 Å². The van der Waals surface area contributed by atoms with Crippen LogP contribution in [0.4, 0.5) is 5.69 Å². The van der Waals surface area contributed by atoms with Crippen molar-refractivity contribution < 1.29 is 0 Å². The molecule has 5 heteroatoms. The molecule has 94 valence electrons. The van der Waals surface area contributed by atoms with Gasteiger partial charge in [0, 0.05) is 25.9 Å². The molecule has 0 saturated heterocycles. The lowest BCUT2D eigenvalue weighted by atomic mass is 9.98. The monoisotopic (exact) mass is 243 g/mol. The number of aromatic nitrogens is 4. The molecule has 0 radical (unpaired) electrons. The van der Waals surface area contributed by atoms with E-state index in [2.05, 4.69) is 41.0 Å². The van der Waals surface area contributed by atoms with Crippen molar-refractivity contribution in [2.45, 2.75) is 26.3 Å². The second-order valence-electron chi connectivity index (χ2n) is 5.09. The zero-order valence-corrected chi connectivity index (χ0v) is 11.2. The normalized spacial score (nSPS) is 13.7. The Bertz CT molecular complexity index is 599. The van der Waals surface area contributed by atoms with Crippen molar-refractivity contribution in [1.29, 1.82) is 0 Å². The van der Waals surface area contributed by atoms with Gasteiger partial charge in [-0.1, -0.05) is 13.8 Å². The van der Waals surface area contributed by atoms with E-state index in [1.54, 1.807) is 4.80 Å². The number of pyridine rings is 1. The summed E-state index contributed by atoms with van der Waals surface area (Å²) < 4.78 is 0. The van der Waals surface area contributed by atoms with Gasteiger partial charge in [0.1, 0.15) is 11.4 Å². The van der Waals surface area contributed by atoms with Gasteiger partial charge in [0.2, 0.25) is 0 Å². The summed E-state index contributed by atoms with van der Waals surface area (Å²) in [4.78, 5) is 8.38. The highest BCUT2D eigenvalue weighted by molar-refractivity contribution is 5.81. The minimum absolute atomic E-state index is 0.403. The molecular formula is C13H17N5. The maximum atomic E-state index is 4.53. The standard InChI is InChI=1S/C13H17N5/c1-8(2)11-13-9(5-6-14-11)12-10(7-17(13)3)15-18(4)16-12/h5-6,8H,7H2,1-4H3. The van der Waals surface area contributed by atoms with Crippen LogP contribution in [-0.2, 0) is 13.6 Å². The number of anilines is 1. The molecule has 0 saturated carbocycles. The molecule has 3 rings (SSSR count). The Balaban J connectivity index is 2.28. The summed E-state index contributed by atoms with van der Waals surface area (Å²) in [5.41, 5.74) is 5.50. The van der Waals surface area contributed by atoms with Gasteiger partial charge >= 0.3 is 0 Å². The molecule has 0 aliphatic carbocycles. The highest BCUT2D eigenvalue weighted by Crippen LogP contribution is 2.39. The number of aryl methyl sites for hydroxylation is 1. The van der Waals surface area contributed by atoms with E-state index >= 15 is 0 Å². The molecule has 1 aliphatic rings. The Morgan fingerprint density at radius 1 is 1.22 bits per heavy atom. The van der Waals surface area contributed by atoms with Gasteiger partial charge in [-0.25, -0.2) is 0 Å². The second-order valence-corrected chi connectivity index (χ2v) is 5.09. The van der Waals surface area contributed by atoms with Gasteiger partial charge in [0.05, 0.1) is 17.9 Å². The summed E-state index contributed by atoms with van der Waals surface area (Å²) in [5.74, 6) is 0.403. The highest BCUT2D eigenvalue weighted by atomic mass is 15.5. The van der Waals surface area contributed by atoms with Crippen molar-refractivity contribution in [3.8, 4) is 11.3 Å². The number of hydrogen-bond acceptors (Lipinski definition) is 4. The van der Waals surface area contributed by atoms with Crippen LogP contribution in [0.5, 0.6) is 0 Å². The van der Waals surface area contributed by atoms with Crippen LogP contribution in [0.3, 0.4) is 0 Å². The molecule has 0 N–H and O–H groups in total. The molecule has 0 amide bonds. The van der Waals surface area contributed by atoms with E-state index in [1.807, 2.05) is 19.3 Å². The summed E-state index contributed by atoms with van der Waals surface area (Å²) >= 11 is 0. The van der Waals surface area contributed by atoms with Crippen LogP contribution in [0.15, 0.2) is 12.3 Å². The van der Waals surface area contributed by atoms with E-state index in [4.69, 9.17) is 0 Å². The molecule has 3 heterocycles. The van der Waals surface area contributed by atoms with Gasteiger partial charge in [0.25, 0.3) is 0 Å². The topological polar surface area (TPSA) is 46.8 Å². The van der Waals surface area contributed by atoms with Gasteiger partial charge in [0.15, 0.2) is 0 Å². The summed E-state index contributed by atoms with van der Waals surface area (Å²) in [6, 6.07) is 2.03. The lowest BCUT2D eigenvalue weighted by molar-refractivity contribution is 0.645. The van der Waals surface area contributed by atoms with Gasteiger partial charge in [-0.05, 0) is 12.0 Å². The Labute approximate surface area is 106 Å². The van der Waals surface area contributed by atoms with Crippen molar-refractivity contribution in [1.82, 2.24) is 20.0 Å². The highest BCUT2D eigenvalue weighted by Gasteiger charge is 2.27. The van der Waals surface area contributed by atoms with Crippen LogP contribution in [-0.4, -0.2) is 27.0 Å². The summed E-state index contributed by atoms with van der Waals surface area (Å²) in [7, 11) is 3.95. The zero-order valence-electron chi connectivity index (χ0n) is 11.2. The molecule has 0 spiro atoms. The number of rotatable bonds is 1. The minimum atomic E-state index is 0.403. The van der Waals surface area contributed by atoms with Crippen molar-refractivity contribution in [3.63, 3.8) is 0 Å². The first-order valence-electron chi connectivity index (χ1n) is 6.18. The first-order chi connectivity index (χ1) is 8.58. The average molecular weight is 243 g/mol. The smallest absolute Gasteiger partial charge is 0.120 e. The number of fused-ring (bicyclic) bond motifs is 3. The first kappa shape index (κ1) is 11.2. The van der Waals surface area contributed by atoms with Gasteiger partial charge in [-0.15, -0.1) is 0 Å². The summed E-state index contributed by atoms with van der Waals surface area (Å²) in [6.45, 7) is 5.13.